The molecule has 0 heterocycles. The number of carbonyl (C=O) groups is 2. The lowest BCUT2D eigenvalue weighted by Crippen LogP contribution is -2.32. The van der Waals surface area contributed by atoms with Crippen LogP contribution in [0, 0.1) is 5.92 Å². The van der Waals surface area contributed by atoms with Gasteiger partial charge in [0.05, 0.1) is 13.2 Å². The van der Waals surface area contributed by atoms with Crippen molar-refractivity contribution in [3.8, 4) is 0 Å². The van der Waals surface area contributed by atoms with Gasteiger partial charge in [0.25, 0.3) is 0 Å². The van der Waals surface area contributed by atoms with Crippen LogP contribution in [0.3, 0.4) is 0 Å². The largest absolute Gasteiger partial charge is 0.393 e. The molecule has 0 aliphatic heterocycles. The summed E-state index contributed by atoms with van der Waals surface area (Å²) in [6.45, 7) is 1.72. The summed E-state index contributed by atoms with van der Waals surface area (Å²) in [5.74, 6) is -0.487. The normalized spacial score (nSPS) is 14.4. The Hall–Kier alpha value is -0.940. The Morgan fingerprint density at radius 2 is 2.20 bits per heavy atom. The van der Waals surface area contributed by atoms with Crippen molar-refractivity contribution in [1.29, 1.82) is 0 Å². The third-order valence-corrected chi connectivity index (χ3v) is 2.25. The smallest absolute Gasteiger partial charge is 0.248 e. The summed E-state index contributed by atoms with van der Waals surface area (Å²) in [6, 6.07) is 0. The highest BCUT2D eigenvalue weighted by Crippen LogP contribution is 2.12. The second-order valence-corrected chi connectivity index (χ2v) is 3.55. The van der Waals surface area contributed by atoms with Crippen LogP contribution in [-0.2, 0) is 14.4 Å². The van der Waals surface area contributed by atoms with Gasteiger partial charge >= 0.3 is 0 Å². The first-order chi connectivity index (χ1) is 7.02. The molecular formula is C10H19NO4. The van der Waals surface area contributed by atoms with Gasteiger partial charge in [-0.05, 0) is 12.8 Å². The van der Waals surface area contributed by atoms with Crippen molar-refractivity contribution in [3.63, 3.8) is 0 Å². The van der Waals surface area contributed by atoms with Gasteiger partial charge in [-0.25, -0.2) is 5.06 Å². The van der Waals surface area contributed by atoms with E-state index in [0.29, 0.717) is 19.3 Å². The van der Waals surface area contributed by atoms with E-state index in [-0.39, 0.29) is 11.8 Å². The van der Waals surface area contributed by atoms with Crippen LogP contribution in [0.25, 0.3) is 0 Å². The highest BCUT2D eigenvalue weighted by molar-refractivity contribution is 5.77. The number of rotatable bonds is 7. The number of hydrogen-bond donors (Lipinski definition) is 1. The van der Waals surface area contributed by atoms with Crippen molar-refractivity contribution in [2.75, 3.05) is 14.2 Å². The van der Waals surface area contributed by atoms with E-state index >= 15 is 0 Å². The molecule has 0 aromatic heterocycles. The van der Waals surface area contributed by atoms with E-state index in [1.54, 1.807) is 6.92 Å². The second kappa shape index (κ2) is 7.36. The Bertz CT molecular complexity index is 208. The molecule has 5 heteroatoms. The van der Waals surface area contributed by atoms with Gasteiger partial charge in [-0.3, -0.25) is 9.63 Å². The number of amides is 1. The molecule has 1 unspecified atom stereocenters. The molecule has 2 atom stereocenters. The monoisotopic (exact) mass is 217 g/mol. The fraction of sp³-hybridized carbons (Fsp3) is 0.800. The lowest BCUT2D eigenvalue weighted by atomic mass is 10.00. The summed E-state index contributed by atoms with van der Waals surface area (Å²) in [6.07, 6.45) is 1.22. The lowest BCUT2D eigenvalue weighted by molar-refractivity contribution is -0.173. The average molecular weight is 217 g/mol. The van der Waals surface area contributed by atoms with E-state index < -0.39 is 6.10 Å². The number of hydrogen-bond acceptors (Lipinski definition) is 4. The van der Waals surface area contributed by atoms with Gasteiger partial charge < -0.3 is 9.90 Å². The molecule has 0 saturated heterocycles. The Labute approximate surface area is 90.0 Å². The number of aldehydes is 1. The van der Waals surface area contributed by atoms with E-state index in [1.807, 2.05) is 0 Å². The summed E-state index contributed by atoms with van der Waals surface area (Å²) < 4.78 is 0. The zero-order valence-corrected chi connectivity index (χ0v) is 9.47. The van der Waals surface area contributed by atoms with Crippen molar-refractivity contribution in [2.45, 2.75) is 32.3 Å². The summed E-state index contributed by atoms with van der Waals surface area (Å²) in [5, 5.41) is 10.6. The van der Waals surface area contributed by atoms with Crippen LogP contribution < -0.4 is 0 Å². The van der Waals surface area contributed by atoms with E-state index in [9.17, 15) is 14.7 Å². The molecule has 5 nitrogen and oxygen atoms in total. The molecule has 0 aliphatic rings. The molecular weight excluding hydrogens is 198 g/mol. The molecule has 88 valence electrons. The third kappa shape index (κ3) is 5.49. The number of hydroxylamine groups is 2. The van der Waals surface area contributed by atoms with Gasteiger partial charge in [-0.1, -0.05) is 6.92 Å². The summed E-state index contributed by atoms with van der Waals surface area (Å²) in [5.41, 5.74) is 0. The minimum absolute atomic E-state index is 0.178. The van der Waals surface area contributed by atoms with Crippen molar-refractivity contribution in [3.05, 3.63) is 0 Å². The fourth-order valence-corrected chi connectivity index (χ4v) is 1.29. The predicted molar refractivity (Wildman–Crippen MR) is 54.9 cm³/mol. The molecule has 0 radical (unpaired) electrons. The molecule has 0 aliphatic carbocycles. The first-order valence-electron chi connectivity index (χ1n) is 4.96. The van der Waals surface area contributed by atoms with Gasteiger partial charge in [0.15, 0.2) is 0 Å². The van der Waals surface area contributed by atoms with E-state index in [0.717, 1.165) is 11.3 Å². The quantitative estimate of drug-likeness (QED) is 0.494. The van der Waals surface area contributed by atoms with Gasteiger partial charge in [-0.2, -0.15) is 0 Å². The zero-order valence-electron chi connectivity index (χ0n) is 9.47. The van der Waals surface area contributed by atoms with Crippen LogP contribution in [0.5, 0.6) is 0 Å². The molecule has 0 rings (SSSR count). The number of aliphatic hydroxyl groups excluding tert-OH is 1. The van der Waals surface area contributed by atoms with Crippen LogP contribution in [-0.4, -0.2) is 42.6 Å². The maximum Gasteiger partial charge on any atom is 0.248 e. The fourth-order valence-electron chi connectivity index (χ4n) is 1.29. The lowest BCUT2D eigenvalue weighted by Gasteiger charge is -2.20. The molecule has 0 fully saturated rings. The van der Waals surface area contributed by atoms with Crippen molar-refractivity contribution in [2.24, 2.45) is 5.92 Å². The van der Waals surface area contributed by atoms with Crippen molar-refractivity contribution in [1.82, 2.24) is 5.06 Å². The molecule has 15 heavy (non-hydrogen) atoms. The molecule has 1 amide bonds. The minimum atomic E-state index is -0.612. The van der Waals surface area contributed by atoms with Gasteiger partial charge in [-0.15, -0.1) is 0 Å². The molecule has 1 N–H and O–H groups in total. The van der Waals surface area contributed by atoms with Gasteiger partial charge in [0.2, 0.25) is 5.91 Å². The summed E-state index contributed by atoms with van der Waals surface area (Å²) in [7, 11) is 2.93. The highest BCUT2D eigenvalue weighted by Gasteiger charge is 2.20. The minimum Gasteiger partial charge on any atom is -0.393 e. The highest BCUT2D eigenvalue weighted by atomic mass is 16.7. The Morgan fingerprint density at radius 1 is 1.60 bits per heavy atom. The van der Waals surface area contributed by atoms with E-state index in [4.69, 9.17) is 4.84 Å². The Balaban J connectivity index is 3.95. The average Bonchev–Trinajstić information content (AvgIpc) is 2.23. The SMILES string of the molecule is CON(C)C(=O)C(C)C[C@H](O)CCC=O. The number of aliphatic hydroxyl groups is 1. The van der Waals surface area contributed by atoms with Gasteiger partial charge in [0, 0.05) is 19.4 Å². The van der Waals surface area contributed by atoms with Crippen LogP contribution >= 0.6 is 0 Å². The first kappa shape index (κ1) is 14.1. The molecule has 0 bridgehead atoms. The molecule has 0 spiro atoms. The van der Waals surface area contributed by atoms with E-state index in [2.05, 4.69) is 0 Å². The third-order valence-electron chi connectivity index (χ3n) is 2.25. The second-order valence-electron chi connectivity index (χ2n) is 3.55. The topological polar surface area (TPSA) is 66.8 Å². The van der Waals surface area contributed by atoms with Crippen molar-refractivity contribution < 1.29 is 19.5 Å². The van der Waals surface area contributed by atoms with Crippen molar-refractivity contribution >= 4 is 12.2 Å². The Morgan fingerprint density at radius 3 is 2.67 bits per heavy atom. The van der Waals surface area contributed by atoms with Gasteiger partial charge in [0.1, 0.15) is 6.29 Å². The van der Waals surface area contributed by atoms with Crippen LogP contribution in [0.15, 0.2) is 0 Å². The standard InChI is InChI=1S/C10H19NO4/c1-8(10(14)11(2)15-3)7-9(13)5-4-6-12/h6,8-9,13H,4-5,7H2,1-3H3/t8?,9-/m1/s1. The van der Waals surface area contributed by atoms with Crippen LogP contribution in [0.4, 0.5) is 0 Å². The zero-order chi connectivity index (χ0) is 11.8. The van der Waals surface area contributed by atoms with E-state index in [1.165, 1.54) is 14.2 Å². The predicted octanol–water partition coefficient (Wildman–Crippen LogP) is 0.372. The van der Waals surface area contributed by atoms with Crippen LogP contribution in [0.2, 0.25) is 0 Å². The first-order valence-corrected chi connectivity index (χ1v) is 4.96. The number of carbonyl (C=O) groups excluding carboxylic acids is 2. The molecule has 0 aromatic rings. The summed E-state index contributed by atoms with van der Waals surface area (Å²) >= 11 is 0. The molecule has 0 saturated carbocycles. The maximum atomic E-state index is 11.5. The van der Waals surface area contributed by atoms with Crippen LogP contribution in [0.1, 0.15) is 26.2 Å². The molecule has 0 aromatic carbocycles. The number of nitrogens with zero attached hydrogens (tertiary/aromatic N) is 1. The summed E-state index contributed by atoms with van der Waals surface area (Å²) in [4.78, 5) is 26.3. The maximum absolute atomic E-state index is 11.5. The Kier molecular flexibility index (Phi) is 6.90.